The second-order valence-corrected chi connectivity index (χ2v) is 5.81. The number of nitrogens with zero attached hydrogens (tertiary/aromatic N) is 2. The minimum atomic E-state index is -4.63. The number of carbonyl (C=O) groups excluding carboxylic acids is 1. The molecular formula is C11H6F5N3OS2. The summed E-state index contributed by atoms with van der Waals surface area (Å²) in [5.41, 5.74) is 0.0994. The lowest BCUT2D eigenvalue weighted by Gasteiger charge is -2.03. The molecule has 1 aromatic heterocycles. The van der Waals surface area contributed by atoms with E-state index in [1.54, 1.807) is 0 Å². The summed E-state index contributed by atoms with van der Waals surface area (Å²) in [5.74, 6) is -3.29. The average Bonchev–Trinajstić information content (AvgIpc) is 2.87. The smallest absolute Gasteiger partial charge is 0.296 e. The fourth-order valence-electron chi connectivity index (χ4n) is 1.35. The van der Waals surface area contributed by atoms with Gasteiger partial charge in [0.25, 0.3) is 11.7 Å². The van der Waals surface area contributed by atoms with E-state index in [-0.39, 0.29) is 26.9 Å². The van der Waals surface area contributed by atoms with Gasteiger partial charge in [0.05, 0.1) is 0 Å². The van der Waals surface area contributed by atoms with E-state index in [0.717, 1.165) is 0 Å². The number of aromatic nitrogens is 2. The van der Waals surface area contributed by atoms with Crippen LogP contribution in [-0.2, 0) is 6.18 Å². The van der Waals surface area contributed by atoms with Crippen LogP contribution in [0, 0.1) is 0 Å². The summed E-state index contributed by atoms with van der Waals surface area (Å²) in [7, 11) is 0. The molecular weight excluding hydrogens is 349 g/mol. The van der Waals surface area contributed by atoms with Gasteiger partial charge in [-0.15, -0.1) is 10.2 Å². The second-order valence-electron chi connectivity index (χ2n) is 3.77. The molecule has 0 bridgehead atoms. The molecule has 2 rings (SSSR count). The Bertz CT molecular complexity index is 656. The summed E-state index contributed by atoms with van der Waals surface area (Å²) in [5, 5.41) is 6.83. The van der Waals surface area contributed by atoms with E-state index in [1.807, 2.05) is 0 Å². The molecule has 1 N–H and O–H groups in total. The van der Waals surface area contributed by atoms with Gasteiger partial charge in [0.15, 0.2) is 0 Å². The van der Waals surface area contributed by atoms with Gasteiger partial charge in [0, 0.05) is 10.5 Å². The Kier molecular flexibility index (Phi) is 4.96. The SMILES string of the molecule is O=C(Nc1nnc(C(F)(F)F)s1)c1ccc(SC(F)F)cc1. The number of carbonyl (C=O) groups is 1. The molecule has 2 aromatic rings. The number of thioether (sulfide) groups is 1. The van der Waals surface area contributed by atoms with E-state index in [9.17, 15) is 26.7 Å². The summed E-state index contributed by atoms with van der Waals surface area (Å²) in [6, 6.07) is 5.19. The standard InChI is InChI=1S/C11H6F5N3OS2/c12-9(13)21-6-3-1-5(2-4-6)7(20)17-10-19-18-8(22-10)11(14,15)16/h1-4,9H,(H,17,19,20). The van der Waals surface area contributed by atoms with Crippen LogP contribution in [0.5, 0.6) is 0 Å². The van der Waals surface area contributed by atoms with Crippen LogP contribution in [0.3, 0.4) is 0 Å². The number of hydrogen-bond acceptors (Lipinski definition) is 5. The van der Waals surface area contributed by atoms with Gasteiger partial charge in [-0.25, -0.2) is 0 Å². The Morgan fingerprint density at radius 3 is 2.32 bits per heavy atom. The lowest BCUT2D eigenvalue weighted by molar-refractivity contribution is -0.138. The fourth-order valence-corrected chi connectivity index (χ4v) is 2.45. The van der Waals surface area contributed by atoms with Crippen molar-refractivity contribution in [2.75, 3.05) is 5.32 Å². The molecule has 0 unspecified atom stereocenters. The number of alkyl halides is 5. The Hall–Kier alpha value is -1.75. The zero-order chi connectivity index (χ0) is 16.3. The molecule has 22 heavy (non-hydrogen) atoms. The summed E-state index contributed by atoms with van der Waals surface area (Å²) < 4.78 is 61.3. The summed E-state index contributed by atoms with van der Waals surface area (Å²) in [4.78, 5) is 12.1. The van der Waals surface area contributed by atoms with Crippen molar-refractivity contribution in [3.63, 3.8) is 0 Å². The van der Waals surface area contributed by atoms with Crippen molar-refractivity contribution in [1.82, 2.24) is 10.2 Å². The first-order valence-electron chi connectivity index (χ1n) is 5.52. The van der Waals surface area contributed by atoms with Gasteiger partial charge in [0.1, 0.15) is 0 Å². The van der Waals surface area contributed by atoms with Gasteiger partial charge in [-0.3, -0.25) is 10.1 Å². The van der Waals surface area contributed by atoms with Crippen LogP contribution in [-0.4, -0.2) is 21.9 Å². The first kappa shape index (κ1) is 16.6. The molecule has 11 heteroatoms. The van der Waals surface area contributed by atoms with Crippen LogP contribution in [0.1, 0.15) is 15.4 Å². The third-order valence-electron chi connectivity index (χ3n) is 2.23. The molecule has 0 radical (unpaired) electrons. The lowest BCUT2D eigenvalue weighted by atomic mass is 10.2. The maximum atomic E-state index is 12.3. The van der Waals surface area contributed by atoms with Crippen LogP contribution in [0.4, 0.5) is 27.1 Å². The fraction of sp³-hybridized carbons (Fsp3) is 0.182. The largest absolute Gasteiger partial charge is 0.445 e. The first-order chi connectivity index (χ1) is 10.3. The zero-order valence-electron chi connectivity index (χ0n) is 10.4. The first-order valence-corrected chi connectivity index (χ1v) is 7.22. The van der Waals surface area contributed by atoms with Crippen LogP contribution in [0.2, 0.25) is 0 Å². The van der Waals surface area contributed by atoms with E-state index in [4.69, 9.17) is 0 Å². The molecule has 118 valence electrons. The van der Waals surface area contributed by atoms with Gasteiger partial charge < -0.3 is 0 Å². The summed E-state index contributed by atoms with van der Waals surface area (Å²) >= 11 is 0.510. The van der Waals surface area contributed by atoms with Gasteiger partial charge in [-0.1, -0.05) is 23.1 Å². The van der Waals surface area contributed by atoms with Crippen molar-refractivity contribution in [3.8, 4) is 0 Å². The number of rotatable bonds is 4. The van der Waals surface area contributed by atoms with E-state index >= 15 is 0 Å². The van der Waals surface area contributed by atoms with E-state index in [1.165, 1.54) is 24.3 Å². The molecule has 0 saturated heterocycles. The molecule has 0 saturated carbocycles. The molecule has 0 aliphatic carbocycles. The summed E-state index contributed by atoms with van der Waals surface area (Å²) in [6.45, 7) is 0. The monoisotopic (exact) mass is 355 g/mol. The molecule has 4 nitrogen and oxygen atoms in total. The highest BCUT2D eigenvalue weighted by molar-refractivity contribution is 7.99. The maximum absolute atomic E-state index is 12.3. The minimum absolute atomic E-state index is 0.0994. The molecule has 0 atom stereocenters. The van der Waals surface area contributed by atoms with Crippen molar-refractivity contribution in [1.29, 1.82) is 0 Å². The Balaban J connectivity index is 2.04. The van der Waals surface area contributed by atoms with Crippen LogP contribution in [0.15, 0.2) is 29.2 Å². The highest BCUT2D eigenvalue weighted by Gasteiger charge is 2.35. The number of nitrogens with one attached hydrogen (secondary N) is 1. The third kappa shape index (κ3) is 4.37. The molecule has 1 aromatic carbocycles. The predicted molar refractivity (Wildman–Crippen MR) is 71.2 cm³/mol. The molecule has 1 heterocycles. The number of benzene rings is 1. The maximum Gasteiger partial charge on any atom is 0.445 e. The topological polar surface area (TPSA) is 54.9 Å². The van der Waals surface area contributed by atoms with Crippen LogP contribution >= 0.6 is 23.1 Å². The Labute approximate surface area is 128 Å². The summed E-state index contributed by atoms with van der Waals surface area (Å²) in [6.07, 6.45) is -4.63. The van der Waals surface area contributed by atoms with Crippen molar-refractivity contribution in [2.24, 2.45) is 0 Å². The molecule has 0 fully saturated rings. The number of hydrogen-bond donors (Lipinski definition) is 1. The van der Waals surface area contributed by atoms with Gasteiger partial charge >= 0.3 is 6.18 Å². The normalized spacial score (nSPS) is 11.7. The van der Waals surface area contributed by atoms with E-state index < -0.39 is 22.8 Å². The quantitative estimate of drug-likeness (QED) is 0.662. The van der Waals surface area contributed by atoms with Gasteiger partial charge in [-0.2, -0.15) is 22.0 Å². The van der Waals surface area contributed by atoms with Crippen molar-refractivity contribution in [2.45, 2.75) is 16.8 Å². The molecule has 0 spiro atoms. The van der Waals surface area contributed by atoms with Crippen LogP contribution in [0.25, 0.3) is 0 Å². The molecule has 0 aliphatic rings. The lowest BCUT2D eigenvalue weighted by Crippen LogP contribution is -2.11. The Morgan fingerprint density at radius 2 is 1.82 bits per heavy atom. The van der Waals surface area contributed by atoms with E-state index in [2.05, 4.69) is 15.5 Å². The van der Waals surface area contributed by atoms with Gasteiger partial charge in [-0.05, 0) is 24.3 Å². The van der Waals surface area contributed by atoms with Crippen molar-refractivity contribution in [3.05, 3.63) is 34.8 Å². The number of anilines is 1. The minimum Gasteiger partial charge on any atom is -0.296 e. The Morgan fingerprint density at radius 1 is 1.18 bits per heavy atom. The third-order valence-corrected chi connectivity index (χ3v) is 3.84. The van der Waals surface area contributed by atoms with Gasteiger partial charge in [0.2, 0.25) is 10.1 Å². The van der Waals surface area contributed by atoms with Crippen molar-refractivity contribution < 1.29 is 26.7 Å². The molecule has 1 amide bonds. The molecule has 0 aliphatic heterocycles. The number of amides is 1. The second kappa shape index (κ2) is 6.57. The number of halogens is 5. The zero-order valence-corrected chi connectivity index (χ0v) is 12.0. The van der Waals surface area contributed by atoms with Crippen LogP contribution < -0.4 is 5.32 Å². The predicted octanol–water partition coefficient (Wildman–Crippen LogP) is 4.12. The highest BCUT2D eigenvalue weighted by Crippen LogP contribution is 2.33. The average molecular weight is 355 g/mol. The van der Waals surface area contributed by atoms with Crippen molar-refractivity contribution >= 4 is 34.1 Å². The highest BCUT2D eigenvalue weighted by atomic mass is 32.2. The van der Waals surface area contributed by atoms with E-state index in [0.29, 0.717) is 11.8 Å².